The molecule has 0 aliphatic rings. The van der Waals surface area contributed by atoms with Crippen molar-refractivity contribution in [1.29, 1.82) is 0 Å². The van der Waals surface area contributed by atoms with Crippen LogP contribution in [0.2, 0.25) is 0 Å². The van der Waals surface area contributed by atoms with E-state index in [2.05, 4.69) is 4.74 Å². The van der Waals surface area contributed by atoms with Crippen molar-refractivity contribution in [3.05, 3.63) is 0 Å². The van der Waals surface area contributed by atoms with E-state index in [-0.39, 0.29) is 23.1 Å². The molecule has 0 aromatic heterocycles. The Bertz CT molecular complexity index is 11.6. The van der Waals surface area contributed by atoms with E-state index in [1.807, 2.05) is 0 Å². The minimum atomic E-state index is 0. The van der Waals surface area contributed by atoms with Gasteiger partial charge in [0.1, 0.15) is 0 Å². The van der Waals surface area contributed by atoms with Crippen molar-refractivity contribution >= 4 is 23.1 Å². The second-order valence-electron chi connectivity index (χ2n) is 0.455. The Labute approximate surface area is 47.8 Å². The molecule has 0 aliphatic heterocycles. The molecule has 0 saturated carbocycles. The van der Waals surface area contributed by atoms with Crippen molar-refractivity contribution in [2.24, 2.45) is 5.73 Å². The van der Waals surface area contributed by atoms with Crippen LogP contribution in [-0.2, 0) is 4.74 Å². The Morgan fingerprint density at radius 3 is 2.00 bits per heavy atom. The van der Waals surface area contributed by atoms with E-state index in [9.17, 15) is 0 Å². The van der Waals surface area contributed by atoms with Gasteiger partial charge in [0.15, 0.2) is 0 Å². The molecule has 0 aromatic rings. The molecule has 3 heteroatoms. The van der Waals surface area contributed by atoms with Crippen LogP contribution >= 0.6 is 0 Å². The first-order valence-electron chi connectivity index (χ1n) is 1.11. The second-order valence-corrected chi connectivity index (χ2v) is 0.455. The highest BCUT2D eigenvalue weighted by atomic mass is 24.3. The number of hydrogen-bond acceptors (Lipinski definition) is 2. The fourth-order valence-electron chi connectivity index (χ4n) is 0. The summed E-state index contributed by atoms with van der Waals surface area (Å²) in [6, 6.07) is 0. The lowest BCUT2D eigenvalue weighted by Gasteiger charge is -1.77. The maximum absolute atomic E-state index is 4.81. The van der Waals surface area contributed by atoms with E-state index in [1.165, 1.54) is 0 Å². The highest BCUT2D eigenvalue weighted by Gasteiger charge is 1.50. The van der Waals surface area contributed by atoms with Gasteiger partial charge in [0.25, 0.3) is 0 Å². The van der Waals surface area contributed by atoms with Crippen LogP contribution < -0.4 is 5.73 Å². The molecule has 0 bridgehead atoms. The van der Waals surface area contributed by atoms with Gasteiger partial charge in [-0.05, 0) is 0 Å². The molecule has 5 heavy (non-hydrogen) atoms. The summed E-state index contributed by atoms with van der Waals surface area (Å²) < 4.78 is 4.32. The van der Waals surface area contributed by atoms with Gasteiger partial charge in [0.05, 0.1) is 6.73 Å². The summed E-state index contributed by atoms with van der Waals surface area (Å²) in [5.74, 6) is 0. The van der Waals surface area contributed by atoms with Gasteiger partial charge in [-0.15, -0.1) is 0 Å². The van der Waals surface area contributed by atoms with E-state index < -0.39 is 0 Å². The molecule has 0 saturated heterocycles. The second kappa shape index (κ2) is 8.82. The van der Waals surface area contributed by atoms with Crippen molar-refractivity contribution in [2.75, 3.05) is 13.8 Å². The maximum Gasteiger partial charge on any atom is 0.316 e. The van der Waals surface area contributed by atoms with E-state index in [4.69, 9.17) is 5.73 Å². The van der Waals surface area contributed by atoms with Crippen LogP contribution in [0.3, 0.4) is 0 Å². The molecule has 2 N–H and O–H groups in total. The number of rotatable bonds is 1. The predicted molar refractivity (Wildman–Crippen MR) is 24.6 cm³/mol. The van der Waals surface area contributed by atoms with Crippen LogP contribution in [0.25, 0.3) is 0 Å². The average Bonchev–Trinajstić information content (AvgIpc) is 1.37. The summed E-state index contributed by atoms with van der Waals surface area (Å²) in [6.45, 7) is 0.319. The van der Waals surface area contributed by atoms with Crippen molar-refractivity contribution in [2.45, 2.75) is 0 Å². The lowest BCUT2D eigenvalue weighted by molar-refractivity contribution is 0.207. The SMILES string of the molecule is COCN.[MgH2]. The fraction of sp³-hybridized carbons (Fsp3) is 1.00. The molecule has 0 atom stereocenters. The zero-order chi connectivity index (χ0) is 3.41. The Kier molecular flexibility index (Phi) is 16.2. The third kappa shape index (κ3) is 11.9. The largest absolute Gasteiger partial charge is 0.370 e. The highest BCUT2D eigenvalue weighted by molar-refractivity contribution is 5.75. The number of ether oxygens (including phenoxy) is 1. The number of methoxy groups -OCH3 is 1. The lowest BCUT2D eigenvalue weighted by atomic mass is 11.3. The molecule has 0 radical (unpaired) electrons. The van der Waals surface area contributed by atoms with Gasteiger partial charge in [0.2, 0.25) is 0 Å². The molecule has 0 amide bonds. The zero-order valence-electron chi connectivity index (χ0n) is 2.69. The Hall–Kier alpha value is 0.686. The molecular weight excluding hydrogens is 78.3 g/mol. The van der Waals surface area contributed by atoms with E-state index in [0.29, 0.717) is 6.73 Å². The topological polar surface area (TPSA) is 35.2 Å². The molecule has 0 heterocycles. The first kappa shape index (κ1) is 9.19. The zero-order valence-corrected chi connectivity index (χ0v) is 2.69. The third-order valence-corrected chi connectivity index (χ3v) is 0.167. The van der Waals surface area contributed by atoms with Crippen LogP contribution in [0.15, 0.2) is 0 Å². The molecule has 0 rings (SSSR count). The molecule has 0 unspecified atom stereocenters. The van der Waals surface area contributed by atoms with Crippen molar-refractivity contribution < 1.29 is 4.74 Å². The van der Waals surface area contributed by atoms with Gasteiger partial charge in [-0.3, -0.25) is 0 Å². The van der Waals surface area contributed by atoms with Gasteiger partial charge >= 0.3 is 23.1 Å². The molecular formula is C2H9MgNO. The minimum absolute atomic E-state index is 0. The van der Waals surface area contributed by atoms with Crippen molar-refractivity contribution in [3.63, 3.8) is 0 Å². The van der Waals surface area contributed by atoms with Gasteiger partial charge in [-0.25, -0.2) is 0 Å². The lowest BCUT2D eigenvalue weighted by Crippen LogP contribution is -1.98. The molecule has 0 aliphatic carbocycles. The van der Waals surface area contributed by atoms with Crippen molar-refractivity contribution in [3.8, 4) is 0 Å². The quantitative estimate of drug-likeness (QED) is 0.316. The summed E-state index contributed by atoms with van der Waals surface area (Å²) in [7, 11) is 1.56. The monoisotopic (exact) mass is 87.1 g/mol. The predicted octanol–water partition coefficient (Wildman–Crippen LogP) is -1.37. The van der Waals surface area contributed by atoms with E-state index >= 15 is 0 Å². The average molecular weight is 87.4 g/mol. The smallest absolute Gasteiger partial charge is 0.316 e. The van der Waals surface area contributed by atoms with Gasteiger partial charge in [-0.1, -0.05) is 0 Å². The first-order chi connectivity index (χ1) is 1.91. The number of nitrogens with two attached hydrogens (primary N) is 1. The van der Waals surface area contributed by atoms with Crippen LogP contribution in [-0.4, -0.2) is 36.9 Å². The van der Waals surface area contributed by atoms with E-state index in [1.54, 1.807) is 7.11 Å². The summed E-state index contributed by atoms with van der Waals surface area (Å²) >= 11 is 0. The Balaban J connectivity index is 0. The maximum atomic E-state index is 4.81. The van der Waals surface area contributed by atoms with Crippen LogP contribution in [0.5, 0.6) is 0 Å². The molecule has 30 valence electrons. The van der Waals surface area contributed by atoms with Gasteiger partial charge in [0, 0.05) is 7.11 Å². The normalized spacial score (nSPS) is 6.00. The third-order valence-electron chi connectivity index (χ3n) is 0.167. The van der Waals surface area contributed by atoms with Crippen LogP contribution in [0.1, 0.15) is 0 Å². The first-order valence-corrected chi connectivity index (χ1v) is 1.11. The van der Waals surface area contributed by atoms with Crippen LogP contribution in [0, 0.1) is 0 Å². The molecule has 0 spiro atoms. The van der Waals surface area contributed by atoms with Crippen LogP contribution in [0.4, 0.5) is 0 Å². The summed E-state index contributed by atoms with van der Waals surface area (Å²) in [4.78, 5) is 0. The number of hydrogen-bond donors (Lipinski definition) is 1. The Morgan fingerprint density at radius 1 is 1.80 bits per heavy atom. The molecule has 0 aromatic carbocycles. The summed E-state index contributed by atoms with van der Waals surface area (Å²) in [5, 5.41) is 0. The van der Waals surface area contributed by atoms with Crippen molar-refractivity contribution in [1.82, 2.24) is 0 Å². The summed E-state index contributed by atoms with van der Waals surface area (Å²) in [5.41, 5.74) is 4.81. The fourth-order valence-corrected chi connectivity index (χ4v) is 0. The van der Waals surface area contributed by atoms with E-state index in [0.717, 1.165) is 0 Å². The van der Waals surface area contributed by atoms with Gasteiger partial charge in [-0.2, -0.15) is 0 Å². The standard InChI is InChI=1S/C2H7NO.Mg.2H/c1-4-2-3;;;/h2-3H2,1H3;;;. The highest BCUT2D eigenvalue weighted by Crippen LogP contribution is 1.40. The van der Waals surface area contributed by atoms with Gasteiger partial charge < -0.3 is 10.5 Å². The summed E-state index contributed by atoms with van der Waals surface area (Å²) in [6.07, 6.45) is 0. The molecule has 0 fully saturated rings. The minimum Gasteiger partial charge on any atom is -0.370 e. The Morgan fingerprint density at radius 2 is 2.00 bits per heavy atom. The molecule has 2 nitrogen and oxygen atoms in total.